The molecule has 1 unspecified atom stereocenters. The third-order valence-corrected chi connectivity index (χ3v) is 3.50. The largest absolute Gasteiger partial charge is 0.490 e. The van der Waals surface area contributed by atoms with Crippen molar-refractivity contribution in [1.82, 2.24) is 14.9 Å². The molecule has 0 aliphatic rings. The number of ether oxygens (including phenoxy) is 1. The summed E-state index contributed by atoms with van der Waals surface area (Å²) in [5.41, 5.74) is 1.53. The van der Waals surface area contributed by atoms with Gasteiger partial charge in [0.05, 0.1) is 12.0 Å². The zero-order valence-corrected chi connectivity index (χ0v) is 14.1. The van der Waals surface area contributed by atoms with Crippen LogP contribution >= 0.6 is 11.6 Å². The Labute approximate surface area is 141 Å². The van der Waals surface area contributed by atoms with Gasteiger partial charge in [-0.25, -0.2) is 4.98 Å². The summed E-state index contributed by atoms with van der Waals surface area (Å²) in [5.74, 6) is 0.583. The second-order valence-electron chi connectivity index (χ2n) is 5.58. The summed E-state index contributed by atoms with van der Waals surface area (Å²) < 4.78 is 7.56. The second-order valence-corrected chi connectivity index (χ2v) is 6.02. The number of halogens is 1. The molecule has 0 amide bonds. The minimum atomic E-state index is -0.606. The van der Waals surface area contributed by atoms with Crippen molar-refractivity contribution in [3.8, 4) is 5.75 Å². The maximum Gasteiger partial charge on any atom is 0.130 e. The van der Waals surface area contributed by atoms with E-state index in [9.17, 15) is 5.11 Å². The van der Waals surface area contributed by atoms with Crippen LogP contribution in [-0.4, -0.2) is 40.0 Å². The van der Waals surface area contributed by atoms with Gasteiger partial charge in [-0.2, -0.15) is 0 Å². The van der Waals surface area contributed by atoms with Gasteiger partial charge < -0.3 is 19.7 Å². The first-order valence-electron chi connectivity index (χ1n) is 7.48. The van der Waals surface area contributed by atoms with Gasteiger partial charge in [-0.15, -0.1) is 0 Å². The number of hydrogen-bond donors (Lipinski definition) is 2. The molecule has 1 atom stereocenters. The van der Waals surface area contributed by atoms with Crippen LogP contribution in [0.1, 0.15) is 19.4 Å². The van der Waals surface area contributed by atoms with Gasteiger partial charge in [0, 0.05) is 35.6 Å². The van der Waals surface area contributed by atoms with E-state index in [-0.39, 0.29) is 6.61 Å². The van der Waals surface area contributed by atoms with Gasteiger partial charge in [0.25, 0.3) is 0 Å². The SMILES string of the molecule is C=C(c1ccc(Cl)cc1OCC(O)CNC(C)C)n1ccnc1. The maximum absolute atomic E-state index is 9.98. The van der Waals surface area contributed by atoms with Gasteiger partial charge in [0.2, 0.25) is 0 Å². The Morgan fingerprint density at radius 3 is 2.91 bits per heavy atom. The summed E-state index contributed by atoms with van der Waals surface area (Å²) in [6.07, 6.45) is 4.55. The van der Waals surface area contributed by atoms with E-state index in [1.807, 2.05) is 26.1 Å². The first-order chi connectivity index (χ1) is 11.0. The lowest BCUT2D eigenvalue weighted by Crippen LogP contribution is -2.35. The third-order valence-electron chi connectivity index (χ3n) is 3.26. The number of nitrogens with one attached hydrogen (secondary N) is 1. The van der Waals surface area contributed by atoms with Crippen LogP contribution in [0.2, 0.25) is 5.02 Å². The van der Waals surface area contributed by atoms with Gasteiger partial charge in [0.15, 0.2) is 0 Å². The Morgan fingerprint density at radius 1 is 1.48 bits per heavy atom. The van der Waals surface area contributed by atoms with Crippen molar-refractivity contribution in [3.63, 3.8) is 0 Å². The molecule has 0 aliphatic carbocycles. The number of nitrogens with zero attached hydrogens (tertiary/aromatic N) is 2. The lowest BCUT2D eigenvalue weighted by molar-refractivity contribution is 0.104. The van der Waals surface area contributed by atoms with Crippen LogP contribution in [0.15, 0.2) is 43.5 Å². The summed E-state index contributed by atoms with van der Waals surface area (Å²) in [4.78, 5) is 4.02. The highest BCUT2D eigenvalue weighted by atomic mass is 35.5. The predicted octanol–water partition coefficient (Wildman–Crippen LogP) is 2.79. The lowest BCUT2D eigenvalue weighted by Gasteiger charge is -2.18. The van der Waals surface area contributed by atoms with Crippen molar-refractivity contribution in [2.45, 2.75) is 26.0 Å². The molecule has 0 saturated carbocycles. The van der Waals surface area contributed by atoms with E-state index >= 15 is 0 Å². The van der Waals surface area contributed by atoms with Crippen molar-refractivity contribution < 1.29 is 9.84 Å². The van der Waals surface area contributed by atoms with Gasteiger partial charge in [0.1, 0.15) is 18.5 Å². The summed E-state index contributed by atoms with van der Waals surface area (Å²) >= 11 is 6.06. The summed E-state index contributed by atoms with van der Waals surface area (Å²) in [6.45, 7) is 8.76. The van der Waals surface area contributed by atoms with E-state index in [2.05, 4.69) is 16.9 Å². The molecule has 2 N–H and O–H groups in total. The van der Waals surface area contributed by atoms with Crippen LogP contribution in [0.25, 0.3) is 5.70 Å². The van der Waals surface area contributed by atoms with E-state index in [4.69, 9.17) is 16.3 Å². The molecule has 0 fully saturated rings. The molecule has 2 aromatic rings. The zero-order valence-electron chi connectivity index (χ0n) is 13.4. The molecule has 5 nitrogen and oxygen atoms in total. The normalized spacial score (nSPS) is 12.4. The highest BCUT2D eigenvalue weighted by molar-refractivity contribution is 6.30. The molecule has 1 aromatic heterocycles. The first kappa shape index (κ1) is 17.5. The van der Waals surface area contributed by atoms with Crippen LogP contribution in [0.5, 0.6) is 5.75 Å². The average molecular weight is 336 g/mol. The number of benzene rings is 1. The molecular weight excluding hydrogens is 314 g/mol. The van der Waals surface area contributed by atoms with Gasteiger partial charge in [-0.05, 0) is 18.2 Å². The van der Waals surface area contributed by atoms with Crippen LogP contribution in [0.4, 0.5) is 0 Å². The van der Waals surface area contributed by atoms with E-state index in [0.717, 1.165) is 11.3 Å². The molecule has 0 radical (unpaired) electrons. The van der Waals surface area contributed by atoms with Crippen LogP contribution < -0.4 is 10.1 Å². The Kier molecular flexibility index (Phi) is 6.21. The number of hydrogen-bond acceptors (Lipinski definition) is 4. The quantitative estimate of drug-likeness (QED) is 0.779. The van der Waals surface area contributed by atoms with Crippen LogP contribution in [-0.2, 0) is 0 Å². The van der Waals surface area contributed by atoms with Crippen LogP contribution in [0, 0.1) is 0 Å². The predicted molar refractivity (Wildman–Crippen MR) is 92.8 cm³/mol. The summed E-state index contributed by atoms with van der Waals surface area (Å²) in [5, 5.41) is 13.7. The fourth-order valence-electron chi connectivity index (χ4n) is 2.03. The van der Waals surface area contributed by atoms with Gasteiger partial charge in [-0.3, -0.25) is 0 Å². The zero-order chi connectivity index (χ0) is 16.8. The van der Waals surface area contributed by atoms with Crippen molar-refractivity contribution in [2.24, 2.45) is 0 Å². The van der Waals surface area contributed by atoms with Crippen molar-refractivity contribution in [2.75, 3.05) is 13.2 Å². The molecule has 23 heavy (non-hydrogen) atoms. The number of aliphatic hydroxyl groups excluding tert-OH is 1. The topological polar surface area (TPSA) is 59.3 Å². The van der Waals surface area contributed by atoms with Crippen LogP contribution in [0.3, 0.4) is 0 Å². The third kappa shape index (κ3) is 5.10. The molecular formula is C17H22ClN3O2. The van der Waals surface area contributed by atoms with Crippen molar-refractivity contribution in [1.29, 1.82) is 0 Å². The highest BCUT2D eigenvalue weighted by Crippen LogP contribution is 2.29. The minimum Gasteiger partial charge on any atom is -0.490 e. The number of aromatic nitrogens is 2. The molecule has 0 aliphatic heterocycles. The van der Waals surface area contributed by atoms with E-state index in [1.165, 1.54) is 0 Å². The molecule has 0 saturated heterocycles. The lowest BCUT2D eigenvalue weighted by atomic mass is 10.1. The number of imidazole rings is 1. The Hall–Kier alpha value is -1.82. The number of rotatable bonds is 8. The van der Waals surface area contributed by atoms with E-state index < -0.39 is 6.10 Å². The average Bonchev–Trinajstić information content (AvgIpc) is 3.04. The summed E-state index contributed by atoms with van der Waals surface area (Å²) in [6, 6.07) is 5.66. The van der Waals surface area contributed by atoms with Crippen molar-refractivity contribution in [3.05, 3.63) is 54.1 Å². The molecule has 124 valence electrons. The van der Waals surface area contributed by atoms with E-state index in [0.29, 0.717) is 23.4 Å². The Bertz CT molecular complexity index is 641. The molecule has 0 bridgehead atoms. The van der Waals surface area contributed by atoms with Crippen molar-refractivity contribution >= 4 is 17.3 Å². The summed E-state index contributed by atoms with van der Waals surface area (Å²) in [7, 11) is 0. The standard InChI is InChI=1S/C17H22ClN3O2/c1-12(2)20-9-15(22)10-23-17-8-14(18)4-5-16(17)13(3)21-7-6-19-11-21/h4-8,11-12,15,20,22H,3,9-10H2,1-2H3. The minimum absolute atomic E-state index is 0.171. The van der Waals surface area contributed by atoms with E-state index in [1.54, 1.807) is 29.2 Å². The maximum atomic E-state index is 9.98. The second kappa shape index (κ2) is 8.15. The molecule has 0 spiro atoms. The molecule has 2 rings (SSSR count). The monoisotopic (exact) mass is 335 g/mol. The molecule has 1 aromatic carbocycles. The Morgan fingerprint density at radius 2 is 2.26 bits per heavy atom. The fourth-order valence-corrected chi connectivity index (χ4v) is 2.19. The van der Waals surface area contributed by atoms with Gasteiger partial charge in [-0.1, -0.05) is 32.0 Å². The fraction of sp³-hybridized carbons (Fsp3) is 0.353. The smallest absolute Gasteiger partial charge is 0.130 e. The Balaban J connectivity index is 2.08. The molecule has 6 heteroatoms. The number of aliphatic hydroxyl groups is 1. The highest BCUT2D eigenvalue weighted by Gasteiger charge is 2.12. The van der Waals surface area contributed by atoms with Gasteiger partial charge >= 0.3 is 0 Å². The molecule has 1 heterocycles. The first-order valence-corrected chi connectivity index (χ1v) is 7.86.